The largest absolute Gasteiger partial charge is 0.508 e. The summed E-state index contributed by atoms with van der Waals surface area (Å²) in [6.45, 7) is 4.84. The second-order valence-electron chi connectivity index (χ2n) is 5.24. The fourth-order valence-electron chi connectivity index (χ4n) is 2.19. The molecule has 2 aromatic rings. The summed E-state index contributed by atoms with van der Waals surface area (Å²) in [5, 5.41) is 14.0. The zero-order valence-corrected chi connectivity index (χ0v) is 12.6. The fraction of sp³-hybridized carbons (Fsp3) is 0.294. The number of hydrogen-bond acceptors (Lipinski definition) is 2. The minimum Gasteiger partial charge on any atom is -0.508 e. The smallest absolute Gasteiger partial charge is 0.120 e. The summed E-state index contributed by atoms with van der Waals surface area (Å²) in [5.41, 5.74) is 3.35. The van der Waals surface area contributed by atoms with Gasteiger partial charge in [-0.2, -0.15) is 0 Å². The van der Waals surface area contributed by atoms with E-state index < -0.39 is 0 Å². The van der Waals surface area contributed by atoms with Crippen molar-refractivity contribution in [3.63, 3.8) is 0 Å². The van der Waals surface area contributed by atoms with Crippen molar-refractivity contribution in [3.05, 3.63) is 64.2 Å². The number of aromatic hydroxyl groups is 1. The number of phenols is 1. The molecule has 2 aromatic carbocycles. The average molecular weight is 290 g/mol. The summed E-state index contributed by atoms with van der Waals surface area (Å²) in [5.74, 6) is 0.349. The van der Waals surface area contributed by atoms with Crippen LogP contribution in [0.1, 0.15) is 23.6 Å². The molecule has 106 valence electrons. The molecular formula is C17H20ClNO. The van der Waals surface area contributed by atoms with Crippen molar-refractivity contribution in [3.8, 4) is 5.75 Å². The van der Waals surface area contributed by atoms with Gasteiger partial charge in [-0.15, -0.1) is 0 Å². The van der Waals surface area contributed by atoms with Gasteiger partial charge in [0.2, 0.25) is 0 Å². The number of hydrogen-bond donors (Lipinski definition) is 2. The molecule has 2 nitrogen and oxygen atoms in total. The highest BCUT2D eigenvalue weighted by Crippen LogP contribution is 2.18. The number of nitrogens with one attached hydrogen (secondary N) is 1. The lowest BCUT2D eigenvalue weighted by Gasteiger charge is -2.15. The topological polar surface area (TPSA) is 32.3 Å². The van der Waals surface area contributed by atoms with Crippen molar-refractivity contribution in [2.24, 2.45) is 0 Å². The fourth-order valence-corrected chi connectivity index (χ4v) is 2.31. The van der Waals surface area contributed by atoms with Gasteiger partial charge in [0.05, 0.1) is 0 Å². The molecule has 0 spiro atoms. The van der Waals surface area contributed by atoms with Crippen LogP contribution >= 0.6 is 11.6 Å². The van der Waals surface area contributed by atoms with E-state index in [4.69, 9.17) is 11.6 Å². The number of rotatable bonds is 5. The predicted molar refractivity (Wildman–Crippen MR) is 84.3 cm³/mol. The van der Waals surface area contributed by atoms with Gasteiger partial charge in [0, 0.05) is 23.2 Å². The van der Waals surface area contributed by atoms with Gasteiger partial charge in [-0.05, 0) is 44.0 Å². The van der Waals surface area contributed by atoms with Gasteiger partial charge < -0.3 is 10.4 Å². The second-order valence-corrected chi connectivity index (χ2v) is 5.68. The lowest BCUT2D eigenvalue weighted by Crippen LogP contribution is -2.27. The zero-order valence-electron chi connectivity index (χ0n) is 11.9. The van der Waals surface area contributed by atoms with Crippen LogP contribution in [0.25, 0.3) is 0 Å². The van der Waals surface area contributed by atoms with E-state index in [0.717, 1.165) is 22.6 Å². The van der Waals surface area contributed by atoms with Gasteiger partial charge >= 0.3 is 0 Å². The molecule has 0 fully saturated rings. The van der Waals surface area contributed by atoms with Crippen LogP contribution in [0.2, 0.25) is 5.02 Å². The third kappa shape index (κ3) is 4.26. The Morgan fingerprint density at radius 3 is 2.55 bits per heavy atom. The molecule has 20 heavy (non-hydrogen) atoms. The van der Waals surface area contributed by atoms with Gasteiger partial charge in [0.15, 0.2) is 0 Å². The maximum absolute atomic E-state index is 9.81. The molecule has 3 heteroatoms. The maximum atomic E-state index is 9.81. The molecule has 1 unspecified atom stereocenters. The zero-order chi connectivity index (χ0) is 14.5. The number of halogens is 1. The Kier molecular flexibility index (Phi) is 5.05. The number of aryl methyl sites for hydroxylation is 1. The summed E-state index contributed by atoms with van der Waals surface area (Å²) in [6.07, 6.45) is 0.934. The van der Waals surface area contributed by atoms with Crippen molar-refractivity contribution in [2.45, 2.75) is 32.9 Å². The molecule has 0 amide bonds. The third-order valence-electron chi connectivity index (χ3n) is 3.33. The Morgan fingerprint density at radius 2 is 1.85 bits per heavy atom. The summed E-state index contributed by atoms with van der Waals surface area (Å²) in [6, 6.07) is 13.9. The second kappa shape index (κ2) is 6.78. The van der Waals surface area contributed by atoms with E-state index in [2.05, 4.69) is 12.2 Å². The molecule has 2 rings (SSSR count). The van der Waals surface area contributed by atoms with Gasteiger partial charge in [-0.1, -0.05) is 41.4 Å². The summed E-state index contributed by atoms with van der Waals surface area (Å²) in [4.78, 5) is 0. The van der Waals surface area contributed by atoms with Crippen molar-refractivity contribution in [1.29, 1.82) is 0 Å². The molecule has 0 radical (unpaired) electrons. The van der Waals surface area contributed by atoms with Crippen LogP contribution in [0.15, 0.2) is 42.5 Å². The van der Waals surface area contributed by atoms with Crippen LogP contribution in [0.5, 0.6) is 5.75 Å². The van der Waals surface area contributed by atoms with E-state index in [9.17, 15) is 5.11 Å². The van der Waals surface area contributed by atoms with Gasteiger partial charge in [-0.3, -0.25) is 0 Å². The first kappa shape index (κ1) is 14.9. The van der Waals surface area contributed by atoms with E-state index in [1.807, 2.05) is 43.3 Å². The molecule has 2 N–H and O–H groups in total. The molecule has 0 aliphatic carbocycles. The SMILES string of the molecule is Cc1ccc(O)c(CNC(C)Cc2ccc(Cl)cc2)c1. The van der Waals surface area contributed by atoms with Crippen LogP contribution < -0.4 is 5.32 Å². The normalized spacial score (nSPS) is 12.3. The predicted octanol–water partition coefficient (Wildman–Crippen LogP) is 4.07. The van der Waals surface area contributed by atoms with Crippen molar-refractivity contribution < 1.29 is 5.11 Å². The van der Waals surface area contributed by atoms with Crippen LogP contribution in [0, 0.1) is 6.92 Å². The molecule has 1 atom stereocenters. The van der Waals surface area contributed by atoms with Crippen LogP contribution in [0.4, 0.5) is 0 Å². The highest BCUT2D eigenvalue weighted by Gasteiger charge is 2.06. The Hall–Kier alpha value is -1.51. The van der Waals surface area contributed by atoms with E-state index in [1.165, 1.54) is 5.56 Å². The van der Waals surface area contributed by atoms with Gasteiger partial charge in [0.1, 0.15) is 5.75 Å². The minimum atomic E-state index is 0.330. The van der Waals surface area contributed by atoms with E-state index in [1.54, 1.807) is 6.07 Å². The highest BCUT2D eigenvalue weighted by molar-refractivity contribution is 6.30. The van der Waals surface area contributed by atoms with Crippen LogP contribution in [-0.2, 0) is 13.0 Å². The molecule has 0 aromatic heterocycles. The molecule has 0 aliphatic rings. The molecule has 0 heterocycles. The number of benzene rings is 2. The van der Waals surface area contributed by atoms with Gasteiger partial charge in [-0.25, -0.2) is 0 Å². The Morgan fingerprint density at radius 1 is 1.15 bits per heavy atom. The summed E-state index contributed by atoms with van der Waals surface area (Å²) >= 11 is 5.88. The highest BCUT2D eigenvalue weighted by atomic mass is 35.5. The van der Waals surface area contributed by atoms with Crippen LogP contribution in [0.3, 0.4) is 0 Å². The lowest BCUT2D eigenvalue weighted by atomic mass is 10.1. The molecule has 0 saturated carbocycles. The van der Waals surface area contributed by atoms with E-state index >= 15 is 0 Å². The first-order valence-electron chi connectivity index (χ1n) is 6.81. The molecule has 0 aliphatic heterocycles. The number of phenolic OH excluding ortho intramolecular Hbond substituents is 1. The summed E-state index contributed by atoms with van der Waals surface area (Å²) < 4.78 is 0. The van der Waals surface area contributed by atoms with Crippen molar-refractivity contribution in [2.75, 3.05) is 0 Å². The Bertz CT molecular complexity index is 566. The standard InChI is InChI=1S/C17H20ClNO/c1-12-3-8-17(20)15(9-12)11-19-13(2)10-14-4-6-16(18)7-5-14/h3-9,13,19-20H,10-11H2,1-2H3. The first-order chi connectivity index (χ1) is 9.54. The first-order valence-corrected chi connectivity index (χ1v) is 7.18. The Balaban J connectivity index is 1.90. The lowest BCUT2D eigenvalue weighted by molar-refractivity contribution is 0.458. The monoisotopic (exact) mass is 289 g/mol. The Labute approximate surface area is 125 Å². The average Bonchev–Trinajstić information content (AvgIpc) is 2.42. The summed E-state index contributed by atoms with van der Waals surface area (Å²) in [7, 11) is 0. The quantitative estimate of drug-likeness (QED) is 0.869. The van der Waals surface area contributed by atoms with E-state index in [-0.39, 0.29) is 0 Å². The van der Waals surface area contributed by atoms with Crippen molar-refractivity contribution >= 4 is 11.6 Å². The van der Waals surface area contributed by atoms with Crippen molar-refractivity contribution in [1.82, 2.24) is 5.32 Å². The van der Waals surface area contributed by atoms with Gasteiger partial charge in [0.25, 0.3) is 0 Å². The molecule has 0 saturated heterocycles. The van der Waals surface area contributed by atoms with Crippen LogP contribution in [-0.4, -0.2) is 11.1 Å². The minimum absolute atomic E-state index is 0.330. The van der Waals surface area contributed by atoms with E-state index in [0.29, 0.717) is 18.3 Å². The maximum Gasteiger partial charge on any atom is 0.120 e. The third-order valence-corrected chi connectivity index (χ3v) is 3.58. The molecule has 0 bridgehead atoms. The molecular weight excluding hydrogens is 270 g/mol.